The second kappa shape index (κ2) is 6.78. The van der Waals surface area contributed by atoms with Gasteiger partial charge in [0.25, 0.3) is 0 Å². The molecule has 0 spiro atoms. The van der Waals surface area contributed by atoms with Crippen LogP contribution in [0.4, 0.5) is 0 Å². The Bertz CT molecular complexity index is 673. The molecule has 0 saturated heterocycles. The second-order valence-electron chi connectivity index (χ2n) is 7.10. The smallest absolute Gasteiger partial charge is 0.244 e. The third kappa shape index (κ3) is 3.22. The van der Waals surface area contributed by atoms with Gasteiger partial charge in [0.05, 0.1) is 0 Å². The quantitative estimate of drug-likeness (QED) is 0.885. The maximum atomic E-state index is 12.8. The number of carbonyl (C=O) groups excluding carboxylic acids is 1. The molecule has 1 amide bonds. The summed E-state index contributed by atoms with van der Waals surface area (Å²) in [5.41, 5.74) is 7.52. The van der Waals surface area contributed by atoms with Gasteiger partial charge in [-0.25, -0.2) is 0 Å². The molecule has 0 heterocycles. The van der Waals surface area contributed by atoms with Crippen LogP contribution in [0.5, 0.6) is 0 Å². The van der Waals surface area contributed by atoms with Crippen molar-refractivity contribution in [3.05, 3.63) is 71.8 Å². The van der Waals surface area contributed by atoms with Crippen molar-refractivity contribution >= 4 is 5.91 Å². The first-order chi connectivity index (χ1) is 11.5. The summed E-state index contributed by atoms with van der Waals surface area (Å²) in [4.78, 5) is 12.8. The molecule has 2 aromatic carbocycles. The number of nitrogens with two attached hydrogens (primary N) is 1. The fraction of sp³-hybridized carbons (Fsp3) is 0.381. The van der Waals surface area contributed by atoms with Crippen LogP contribution in [0.3, 0.4) is 0 Å². The van der Waals surface area contributed by atoms with Crippen molar-refractivity contribution in [1.82, 2.24) is 5.32 Å². The highest BCUT2D eigenvalue weighted by Gasteiger charge is 2.38. The van der Waals surface area contributed by atoms with Crippen LogP contribution in [0.25, 0.3) is 0 Å². The van der Waals surface area contributed by atoms with Crippen molar-refractivity contribution in [3.8, 4) is 0 Å². The summed E-state index contributed by atoms with van der Waals surface area (Å²) in [5, 5.41) is 3.14. The van der Waals surface area contributed by atoms with Gasteiger partial charge in [-0.3, -0.25) is 4.79 Å². The van der Waals surface area contributed by atoms with Gasteiger partial charge in [0.1, 0.15) is 5.54 Å². The Labute approximate surface area is 144 Å². The summed E-state index contributed by atoms with van der Waals surface area (Å²) >= 11 is 0. The van der Waals surface area contributed by atoms with Crippen LogP contribution in [0, 0.1) is 0 Å². The maximum Gasteiger partial charge on any atom is 0.244 e. The Hall–Kier alpha value is -2.13. The number of hydrogen-bond acceptors (Lipinski definition) is 2. The van der Waals surface area contributed by atoms with E-state index >= 15 is 0 Å². The van der Waals surface area contributed by atoms with Gasteiger partial charge in [0.2, 0.25) is 5.91 Å². The zero-order valence-corrected chi connectivity index (χ0v) is 14.3. The van der Waals surface area contributed by atoms with E-state index in [0.29, 0.717) is 6.54 Å². The molecule has 126 valence electrons. The number of hydrogen-bond donors (Lipinski definition) is 2. The lowest BCUT2D eigenvalue weighted by Crippen LogP contribution is -2.52. The molecule has 24 heavy (non-hydrogen) atoms. The minimum Gasteiger partial charge on any atom is -0.353 e. The summed E-state index contributed by atoms with van der Waals surface area (Å²) in [5.74, 6) is -0.115. The van der Waals surface area contributed by atoms with Gasteiger partial charge in [-0.1, -0.05) is 73.5 Å². The third-order valence-corrected chi connectivity index (χ3v) is 5.38. The molecule has 0 aliphatic heterocycles. The standard InChI is InChI=1S/C21H26N2O/c1-20(22,17-10-4-2-5-11-17)19(24)23-16-21(14-8-9-15-21)18-12-6-3-7-13-18/h2-7,10-13H,8-9,14-16,22H2,1H3,(H,23,24). The van der Waals surface area contributed by atoms with Crippen LogP contribution in [0.15, 0.2) is 60.7 Å². The summed E-state index contributed by atoms with van der Waals surface area (Å²) in [7, 11) is 0. The monoisotopic (exact) mass is 322 g/mol. The Morgan fingerprint density at radius 2 is 1.58 bits per heavy atom. The van der Waals surface area contributed by atoms with Crippen molar-refractivity contribution in [1.29, 1.82) is 0 Å². The van der Waals surface area contributed by atoms with E-state index < -0.39 is 5.54 Å². The minimum absolute atomic E-state index is 0.0453. The van der Waals surface area contributed by atoms with Gasteiger partial charge < -0.3 is 11.1 Å². The molecule has 0 bridgehead atoms. The maximum absolute atomic E-state index is 12.8. The van der Waals surface area contributed by atoms with Crippen molar-refractivity contribution < 1.29 is 4.79 Å². The Morgan fingerprint density at radius 1 is 1.04 bits per heavy atom. The summed E-state index contributed by atoms with van der Waals surface area (Å²) in [6.07, 6.45) is 4.65. The minimum atomic E-state index is -1.02. The fourth-order valence-corrected chi connectivity index (χ4v) is 3.76. The Kier molecular flexibility index (Phi) is 4.72. The van der Waals surface area contributed by atoms with Crippen LogP contribution in [-0.4, -0.2) is 12.5 Å². The lowest BCUT2D eigenvalue weighted by molar-refractivity contribution is -0.126. The van der Waals surface area contributed by atoms with Crippen molar-refractivity contribution in [3.63, 3.8) is 0 Å². The molecule has 1 saturated carbocycles. The van der Waals surface area contributed by atoms with E-state index in [4.69, 9.17) is 5.73 Å². The molecule has 1 unspecified atom stereocenters. The molecule has 0 radical (unpaired) electrons. The lowest BCUT2D eigenvalue weighted by atomic mass is 9.78. The van der Waals surface area contributed by atoms with Crippen LogP contribution in [0.2, 0.25) is 0 Å². The van der Waals surface area contributed by atoms with Crippen LogP contribution >= 0.6 is 0 Å². The summed E-state index contributed by atoms with van der Waals surface area (Å²) < 4.78 is 0. The average Bonchev–Trinajstić information content (AvgIpc) is 3.11. The van der Waals surface area contributed by atoms with Crippen LogP contribution in [-0.2, 0) is 15.7 Å². The van der Waals surface area contributed by atoms with E-state index in [0.717, 1.165) is 18.4 Å². The second-order valence-corrected chi connectivity index (χ2v) is 7.10. The molecule has 0 aromatic heterocycles. The SMILES string of the molecule is CC(N)(C(=O)NCC1(c2ccccc2)CCCC1)c1ccccc1. The van der Waals surface area contributed by atoms with E-state index in [1.54, 1.807) is 6.92 Å². The zero-order valence-electron chi connectivity index (χ0n) is 14.3. The molecule has 3 nitrogen and oxygen atoms in total. The first kappa shape index (κ1) is 16.7. The number of amides is 1. The van der Waals surface area contributed by atoms with E-state index in [2.05, 4.69) is 29.6 Å². The average molecular weight is 322 g/mol. The predicted molar refractivity (Wildman–Crippen MR) is 97.6 cm³/mol. The van der Waals surface area contributed by atoms with Gasteiger partial charge in [-0.15, -0.1) is 0 Å². The first-order valence-corrected chi connectivity index (χ1v) is 8.73. The van der Waals surface area contributed by atoms with Crippen molar-refractivity contribution in [2.24, 2.45) is 5.73 Å². The Morgan fingerprint density at radius 3 is 2.17 bits per heavy atom. The van der Waals surface area contributed by atoms with Gasteiger partial charge >= 0.3 is 0 Å². The van der Waals surface area contributed by atoms with E-state index in [1.165, 1.54) is 18.4 Å². The molecular weight excluding hydrogens is 296 g/mol. The summed E-state index contributed by atoms with van der Waals surface area (Å²) in [6, 6.07) is 20.1. The molecule has 1 fully saturated rings. The highest BCUT2D eigenvalue weighted by atomic mass is 16.2. The number of rotatable bonds is 5. The van der Waals surface area contributed by atoms with Gasteiger partial charge in [0.15, 0.2) is 0 Å². The molecule has 1 aliphatic rings. The largest absolute Gasteiger partial charge is 0.353 e. The molecular formula is C21H26N2O. The van der Waals surface area contributed by atoms with E-state index in [9.17, 15) is 4.79 Å². The number of carbonyl (C=O) groups is 1. The van der Waals surface area contributed by atoms with Gasteiger partial charge in [0, 0.05) is 12.0 Å². The van der Waals surface area contributed by atoms with Crippen LogP contribution in [0.1, 0.15) is 43.7 Å². The molecule has 3 N–H and O–H groups in total. The third-order valence-electron chi connectivity index (χ3n) is 5.38. The molecule has 3 rings (SSSR count). The first-order valence-electron chi connectivity index (χ1n) is 8.73. The zero-order chi connectivity index (χ0) is 17.0. The van der Waals surface area contributed by atoms with Gasteiger partial charge in [-0.2, -0.15) is 0 Å². The highest BCUT2D eigenvalue weighted by Crippen LogP contribution is 2.40. The summed E-state index contributed by atoms with van der Waals surface area (Å²) in [6.45, 7) is 2.43. The number of benzene rings is 2. The van der Waals surface area contributed by atoms with E-state index in [1.807, 2.05) is 36.4 Å². The molecule has 2 aromatic rings. The topological polar surface area (TPSA) is 55.1 Å². The van der Waals surface area contributed by atoms with Gasteiger partial charge in [-0.05, 0) is 30.9 Å². The van der Waals surface area contributed by atoms with Crippen LogP contribution < -0.4 is 11.1 Å². The Balaban J connectivity index is 1.75. The molecule has 3 heteroatoms. The normalized spacial score (nSPS) is 18.8. The fourth-order valence-electron chi connectivity index (χ4n) is 3.76. The number of nitrogens with one attached hydrogen (secondary N) is 1. The van der Waals surface area contributed by atoms with Crippen molar-refractivity contribution in [2.75, 3.05) is 6.54 Å². The lowest BCUT2D eigenvalue weighted by Gasteiger charge is -2.32. The predicted octanol–water partition coefficient (Wildman–Crippen LogP) is 3.49. The highest BCUT2D eigenvalue weighted by molar-refractivity contribution is 5.87. The van der Waals surface area contributed by atoms with E-state index in [-0.39, 0.29) is 11.3 Å². The molecule has 1 atom stereocenters. The van der Waals surface area contributed by atoms with Crippen molar-refractivity contribution in [2.45, 2.75) is 43.6 Å². The molecule has 1 aliphatic carbocycles.